The van der Waals surface area contributed by atoms with Gasteiger partial charge >= 0.3 is 0 Å². The highest BCUT2D eigenvalue weighted by atomic mass is 19.1. The van der Waals surface area contributed by atoms with Crippen molar-refractivity contribution in [2.24, 2.45) is 0 Å². The molecule has 4 nitrogen and oxygen atoms in total. The van der Waals surface area contributed by atoms with Crippen LogP contribution in [0.4, 0.5) is 10.1 Å². The quantitative estimate of drug-likeness (QED) is 0.901. The number of anilines is 1. The fourth-order valence-electron chi connectivity index (χ4n) is 1.67. The molecule has 20 heavy (non-hydrogen) atoms. The Bertz CT molecular complexity index is 611. The maximum atomic E-state index is 13.6. The van der Waals surface area contributed by atoms with Crippen molar-refractivity contribution in [3.8, 4) is 11.5 Å². The fourth-order valence-corrected chi connectivity index (χ4v) is 1.67. The number of hydrogen-bond donors (Lipinski definition) is 2. The first kappa shape index (κ1) is 13.9. The van der Waals surface area contributed by atoms with Gasteiger partial charge in [-0.2, -0.15) is 0 Å². The van der Waals surface area contributed by atoms with Gasteiger partial charge in [0, 0.05) is 17.3 Å². The number of carbonyl (C=O) groups excluding carboxylic acids is 1. The Hall–Kier alpha value is -2.56. The Morgan fingerprint density at radius 2 is 1.95 bits per heavy atom. The highest BCUT2D eigenvalue weighted by molar-refractivity contribution is 6.04. The van der Waals surface area contributed by atoms with Crippen LogP contribution >= 0.6 is 0 Å². The first-order chi connectivity index (χ1) is 9.60. The van der Waals surface area contributed by atoms with Crippen molar-refractivity contribution in [3.05, 3.63) is 53.8 Å². The van der Waals surface area contributed by atoms with E-state index >= 15 is 0 Å². The first-order valence-corrected chi connectivity index (χ1v) is 6.13. The highest BCUT2D eigenvalue weighted by Crippen LogP contribution is 2.21. The average Bonchev–Trinajstić information content (AvgIpc) is 2.42. The summed E-state index contributed by atoms with van der Waals surface area (Å²) in [6.45, 7) is 2.14. The van der Waals surface area contributed by atoms with Gasteiger partial charge in [0.2, 0.25) is 0 Å². The molecule has 0 atom stereocenters. The molecule has 0 aliphatic carbocycles. The molecule has 0 radical (unpaired) electrons. The SMILES string of the molecule is CCOc1ccc(NC(=O)c2ccc(O)cc2)cc1F. The van der Waals surface area contributed by atoms with Crippen molar-refractivity contribution in [2.75, 3.05) is 11.9 Å². The second-order valence-electron chi connectivity index (χ2n) is 4.08. The van der Waals surface area contributed by atoms with Gasteiger partial charge in [-0.25, -0.2) is 4.39 Å². The average molecular weight is 275 g/mol. The number of phenolic OH excluding ortho intramolecular Hbond substituents is 1. The summed E-state index contributed by atoms with van der Waals surface area (Å²) in [5.41, 5.74) is 0.709. The molecular weight excluding hydrogens is 261 g/mol. The Labute approximate surface area is 115 Å². The van der Waals surface area contributed by atoms with Gasteiger partial charge in [0.1, 0.15) is 5.75 Å². The van der Waals surface area contributed by atoms with E-state index < -0.39 is 5.82 Å². The smallest absolute Gasteiger partial charge is 0.255 e. The number of nitrogens with one attached hydrogen (secondary N) is 1. The van der Waals surface area contributed by atoms with Crippen LogP contribution in [0.25, 0.3) is 0 Å². The summed E-state index contributed by atoms with van der Waals surface area (Å²) in [7, 11) is 0. The van der Waals surface area contributed by atoms with Gasteiger partial charge in [-0.1, -0.05) is 0 Å². The van der Waals surface area contributed by atoms with Gasteiger partial charge in [-0.05, 0) is 43.3 Å². The van der Waals surface area contributed by atoms with Gasteiger partial charge in [0.05, 0.1) is 6.61 Å². The minimum Gasteiger partial charge on any atom is -0.508 e. The summed E-state index contributed by atoms with van der Waals surface area (Å²) in [5.74, 6) is -0.687. The summed E-state index contributed by atoms with van der Waals surface area (Å²) in [6, 6.07) is 10.0. The molecule has 0 heterocycles. The normalized spacial score (nSPS) is 10.1. The van der Waals surface area contributed by atoms with E-state index in [9.17, 15) is 9.18 Å². The largest absolute Gasteiger partial charge is 0.508 e. The molecule has 0 unspecified atom stereocenters. The predicted molar refractivity (Wildman–Crippen MR) is 73.6 cm³/mol. The summed E-state index contributed by atoms with van der Waals surface area (Å²) >= 11 is 0. The molecule has 1 amide bonds. The Balaban J connectivity index is 2.11. The van der Waals surface area contributed by atoms with Crippen LogP contribution in [0, 0.1) is 5.82 Å². The van der Waals surface area contributed by atoms with E-state index in [0.717, 1.165) is 0 Å². The second-order valence-corrected chi connectivity index (χ2v) is 4.08. The first-order valence-electron chi connectivity index (χ1n) is 6.13. The molecule has 0 fully saturated rings. The third-order valence-corrected chi connectivity index (χ3v) is 2.62. The highest BCUT2D eigenvalue weighted by Gasteiger charge is 2.09. The van der Waals surface area contributed by atoms with E-state index in [2.05, 4.69) is 5.32 Å². The van der Waals surface area contributed by atoms with Crippen LogP contribution in [0.3, 0.4) is 0 Å². The summed E-state index contributed by atoms with van der Waals surface area (Å²) in [4.78, 5) is 11.9. The molecular formula is C15H14FNO3. The molecule has 2 rings (SSSR count). The zero-order valence-corrected chi connectivity index (χ0v) is 10.9. The standard InChI is InChI=1S/C15H14FNO3/c1-2-20-14-8-5-11(9-13(14)16)17-15(19)10-3-6-12(18)7-4-10/h3-9,18H,2H2,1H3,(H,17,19). The van der Waals surface area contributed by atoms with Gasteiger partial charge in [0.25, 0.3) is 5.91 Å². The van der Waals surface area contributed by atoms with Crippen molar-refractivity contribution in [2.45, 2.75) is 6.92 Å². The summed E-state index contributed by atoms with van der Waals surface area (Å²) in [6.07, 6.45) is 0. The van der Waals surface area contributed by atoms with Crippen LogP contribution < -0.4 is 10.1 Å². The zero-order chi connectivity index (χ0) is 14.5. The van der Waals surface area contributed by atoms with Gasteiger partial charge in [-0.15, -0.1) is 0 Å². The summed E-state index contributed by atoms with van der Waals surface area (Å²) < 4.78 is 18.7. The summed E-state index contributed by atoms with van der Waals surface area (Å²) in [5, 5.41) is 11.7. The predicted octanol–water partition coefficient (Wildman–Crippen LogP) is 3.18. The minimum absolute atomic E-state index is 0.0775. The maximum absolute atomic E-state index is 13.6. The van der Waals surface area contributed by atoms with E-state index in [1.165, 1.54) is 36.4 Å². The maximum Gasteiger partial charge on any atom is 0.255 e. The molecule has 0 aromatic heterocycles. The lowest BCUT2D eigenvalue weighted by molar-refractivity contribution is 0.102. The number of phenols is 1. The molecule has 0 saturated heterocycles. The van der Waals surface area contributed by atoms with Crippen molar-refractivity contribution in [3.63, 3.8) is 0 Å². The van der Waals surface area contributed by atoms with Crippen molar-refractivity contribution >= 4 is 11.6 Å². The van der Waals surface area contributed by atoms with E-state index in [1.807, 2.05) is 0 Å². The number of ether oxygens (including phenoxy) is 1. The van der Waals surface area contributed by atoms with Crippen LogP contribution in [-0.4, -0.2) is 17.6 Å². The molecule has 2 aromatic rings. The molecule has 5 heteroatoms. The van der Waals surface area contributed by atoms with Crippen LogP contribution in [0.2, 0.25) is 0 Å². The van der Waals surface area contributed by atoms with E-state index in [-0.39, 0.29) is 17.4 Å². The molecule has 2 aromatic carbocycles. The Morgan fingerprint density at radius 1 is 1.25 bits per heavy atom. The molecule has 0 aliphatic rings. The van der Waals surface area contributed by atoms with Gasteiger partial charge in [-0.3, -0.25) is 4.79 Å². The fraction of sp³-hybridized carbons (Fsp3) is 0.133. The van der Waals surface area contributed by atoms with Crippen LogP contribution in [0.1, 0.15) is 17.3 Å². The molecule has 0 spiro atoms. The molecule has 0 saturated carbocycles. The molecule has 0 aliphatic heterocycles. The van der Waals surface area contributed by atoms with Crippen LogP contribution in [0.5, 0.6) is 11.5 Å². The molecule has 0 bridgehead atoms. The monoisotopic (exact) mass is 275 g/mol. The lowest BCUT2D eigenvalue weighted by atomic mass is 10.2. The van der Waals surface area contributed by atoms with Crippen LogP contribution in [-0.2, 0) is 0 Å². The third kappa shape index (κ3) is 3.26. The third-order valence-electron chi connectivity index (χ3n) is 2.62. The molecule has 104 valence electrons. The minimum atomic E-state index is -0.532. The number of aromatic hydroxyl groups is 1. The van der Waals surface area contributed by atoms with Crippen molar-refractivity contribution in [1.29, 1.82) is 0 Å². The van der Waals surface area contributed by atoms with Gasteiger partial charge < -0.3 is 15.2 Å². The Morgan fingerprint density at radius 3 is 2.55 bits per heavy atom. The van der Waals surface area contributed by atoms with Crippen molar-refractivity contribution in [1.82, 2.24) is 0 Å². The number of hydrogen-bond acceptors (Lipinski definition) is 3. The van der Waals surface area contributed by atoms with Crippen molar-refractivity contribution < 1.29 is 19.0 Å². The van der Waals surface area contributed by atoms with E-state index in [4.69, 9.17) is 9.84 Å². The topological polar surface area (TPSA) is 58.6 Å². The second kappa shape index (κ2) is 6.06. The van der Waals surface area contributed by atoms with Crippen LogP contribution in [0.15, 0.2) is 42.5 Å². The number of halogens is 1. The lowest BCUT2D eigenvalue weighted by Gasteiger charge is -2.08. The van der Waals surface area contributed by atoms with E-state index in [1.54, 1.807) is 13.0 Å². The zero-order valence-electron chi connectivity index (χ0n) is 10.9. The number of rotatable bonds is 4. The number of benzene rings is 2. The Kier molecular flexibility index (Phi) is 4.20. The molecule has 2 N–H and O–H groups in total. The number of carbonyl (C=O) groups is 1. The lowest BCUT2D eigenvalue weighted by Crippen LogP contribution is -2.11. The number of amides is 1. The van der Waals surface area contributed by atoms with Gasteiger partial charge in [0.15, 0.2) is 11.6 Å². The van der Waals surface area contributed by atoms with E-state index in [0.29, 0.717) is 17.9 Å².